The monoisotopic (exact) mass is 496 g/mol. The van der Waals surface area contributed by atoms with Gasteiger partial charge < -0.3 is 5.73 Å². The average Bonchev–Trinajstić information content (AvgIpc) is 3.18. The van der Waals surface area contributed by atoms with E-state index in [4.69, 9.17) is 5.73 Å². The standard InChI is InChI=1S/C18H9F9N6O/c19-16(20,21)11-2-1-8(5-29-11)10(14(28)34)6-33-7-30-15(32-33)9-3-12(17(22,23)24)31-13(4-9)18(25,26)27/h1-7H,(H2,28,34)/b10-6+. The second-order valence-corrected chi connectivity index (χ2v) is 6.51. The van der Waals surface area contributed by atoms with Gasteiger partial charge in [-0.3, -0.25) is 9.78 Å². The largest absolute Gasteiger partial charge is 0.433 e. The quantitative estimate of drug-likeness (QED) is 0.430. The summed E-state index contributed by atoms with van der Waals surface area (Å²) in [7, 11) is 0. The van der Waals surface area contributed by atoms with Crippen molar-refractivity contribution in [1.29, 1.82) is 0 Å². The van der Waals surface area contributed by atoms with Crippen LogP contribution in [-0.2, 0) is 23.3 Å². The predicted octanol–water partition coefficient (Wildman–Crippen LogP) is 4.27. The zero-order chi connectivity index (χ0) is 25.5. The maximum Gasteiger partial charge on any atom is 0.433 e. The Morgan fingerprint density at radius 1 is 0.853 bits per heavy atom. The summed E-state index contributed by atoms with van der Waals surface area (Å²) in [6.07, 6.45) is -12.8. The summed E-state index contributed by atoms with van der Waals surface area (Å²) in [5.74, 6) is -1.73. The Labute approximate surface area is 182 Å². The van der Waals surface area contributed by atoms with E-state index in [1.165, 1.54) is 0 Å². The third-order valence-corrected chi connectivity index (χ3v) is 4.06. The number of primary amides is 1. The molecule has 7 nitrogen and oxygen atoms in total. The van der Waals surface area contributed by atoms with Crippen LogP contribution in [-0.4, -0.2) is 30.6 Å². The third-order valence-electron chi connectivity index (χ3n) is 4.06. The smallest absolute Gasteiger partial charge is 0.366 e. The Morgan fingerprint density at radius 2 is 1.41 bits per heavy atom. The van der Waals surface area contributed by atoms with Crippen LogP contribution >= 0.6 is 0 Å². The molecule has 0 bridgehead atoms. The van der Waals surface area contributed by atoms with E-state index in [1.807, 2.05) is 0 Å². The zero-order valence-electron chi connectivity index (χ0n) is 16.2. The van der Waals surface area contributed by atoms with E-state index < -0.39 is 58.5 Å². The lowest BCUT2D eigenvalue weighted by Gasteiger charge is -2.11. The molecular formula is C18H9F9N6O. The molecule has 0 aliphatic heterocycles. The summed E-state index contributed by atoms with van der Waals surface area (Å²) >= 11 is 0. The molecule has 3 rings (SSSR count). The van der Waals surface area contributed by atoms with Gasteiger partial charge in [0.1, 0.15) is 23.4 Å². The number of carbonyl (C=O) groups excluding carboxylic acids is 1. The third kappa shape index (κ3) is 5.49. The van der Waals surface area contributed by atoms with Crippen molar-refractivity contribution in [3.8, 4) is 11.4 Å². The van der Waals surface area contributed by atoms with Gasteiger partial charge in [0, 0.05) is 23.5 Å². The fourth-order valence-corrected chi connectivity index (χ4v) is 2.55. The van der Waals surface area contributed by atoms with E-state index in [0.717, 1.165) is 23.3 Å². The highest BCUT2D eigenvalue weighted by atomic mass is 19.4. The van der Waals surface area contributed by atoms with Gasteiger partial charge in [-0.1, -0.05) is 6.07 Å². The predicted molar refractivity (Wildman–Crippen MR) is 95.9 cm³/mol. The first kappa shape index (κ1) is 24.7. The van der Waals surface area contributed by atoms with E-state index in [2.05, 4.69) is 20.1 Å². The number of nitrogens with two attached hydrogens (primary N) is 1. The second-order valence-electron chi connectivity index (χ2n) is 6.51. The summed E-state index contributed by atoms with van der Waals surface area (Å²) in [6, 6.07) is 2.06. The Balaban J connectivity index is 2.03. The molecule has 0 atom stereocenters. The highest BCUT2D eigenvalue weighted by Crippen LogP contribution is 2.35. The van der Waals surface area contributed by atoms with Crippen molar-refractivity contribution in [2.75, 3.05) is 0 Å². The van der Waals surface area contributed by atoms with Gasteiger partial charge in [0.2, 0.25) is 0 Å². The summed E-state index contributed by atoms with van der Waals surface area (Å²) in [5, 5.41) is 3.69. The van der Waals surface area contributed by atoms with Crippen LogP contribution in [0.2, 0.25) is 0 Å². The zero-order valence-corrected chi connectivity index (χ0v) is 16.2. The Hall–Kier alpha value is -3.98. The molecule has 0 aromatic carbocycles. The van der Waals surface area contributed by atoms with E-state index >= 15 is 0 Å². The molecule has 16 heteroatoms. The molecule has 180 valence electrons. The van der Waals surface area contributed by atoms with Crippen LogP contribution in [0.15, 0.2) is 36.8 Å². The number of carbonyl (C=O) groups is 1. The molecule has 0 unspecified atom stereocenters. The van der Waals surface area contributed by atoms with Crippen LogP contribution in [0, 0.1) is 0 Å². The normalized spacial score (nSPS) is 13.3. The molecule has 34 heavy (non-hydrogen) atoms. The van der Waals surface area contributed by atoms with E-state index in [-0.39, 0.29) is 5.56 Å². The van der Waals surface area contributed by atoms with Gasteiger partial charge in [0.15, 0.2) is 5.82 Å². The number of rotatable bonds is 4. The Morgan fingerprint density at radius 3 is 1.85 bits per heavy atom. The Kier molecular flexibility index (Phi) is 6.11. The molecule has 0 saturated carbocycles. The van der Waals surface area contributed by atoms with Crippen LogP contribution in [0.4, 0.5) is 39.5 Å². The highest BCUT2D eigenvalue weighted by Gasteiger charge is 2.39. The van der Waals surface area contributed by atoms with Crippen LogP contribution in [0.1, 0.15) is 22.6 Å². The number of amides is 1. The number of hydrogen-bond acceptors (Lipinski definition) is 5. The highest BCUT2D eigenvalue weighted by molar-refractivity contribution is 6.22. The van der Waals surface area contributed by atoms with E-state index in [1.54, 1.807) is 0 Å². The number of hydrogen-bond donors (Lipinski definition) is 1. The van der Waals surface area contributed by atoms with Gasteiger partial charge in [0.25, 0.3) is 5.91 Å². The van der Waals surface area contributed by atoms with Crippen molar-refractivity contribution in [3.05, 3.63) is 59.4 Å². The molecule has 3 aromatic heterocycles. The lowest BCUT2D eigenvalue weighted by molar-refractivity contribution is -0.150. The first-order valence-electron chi connectivity index (χ1n) is 8.69. The summed E-state index contributed by atoms with van der Waals surface area (Å²) < 4.78 is 117. The molecule has 0 aliphatic rings. The lowest BCUT2D eigenvalue weighted by Crippen LogP contribution is -2.15. The van der Waals surface area contributed by atoms with Crippen molar-refractivity contribution >= 4 is 17.7 Å². The summed E-state index contributed by atoms with van der Waals surface area (Å²) in [5.41, 5.74) is -0.968. The lowest BCUT2D eigenvalue weighted by atomic mass is 10.1. The maximum atomic E-state index is 13.0. The minimum Gasteiger partial charge on any atom is -0.366 e. The van der Waals surface area contributed by atoms with Gasteiger partial charge in [-0.25, -0.2) is 14.6 Å². The van der Waals surface area contributed by atoms with Crippen LogP contribution in [0.3, 0.4) is 0 Å². The van der Waals surface area contributed by atoms with Gasteiger partial charge >= 0.3 is 18.5 Å². The van der Waals surface area contributed by atoms with Gasteiger partial charge in [-0.05, 0) is 18.2 Å². The van der Waals surface area contributed by atoms with Crippen molar-refractivity contribution in [2.45, 2.75) is 18.5 Å². The van der Waals surface area contributed by atoms with Gasteiger partial charge in [-0.15, -0.1) is 5.10 Å². The molecule has 0 spiro atoms. The first-order valence-corrected chi connectivity index (χ1v) is 8.69. The number of halogens is 9. The van der Waals surface area contributed by atoms with Gasteiger partial charge in [-0.2, -0.15) is 39.5 Å². The Bertz CT molecular complexity index is 1210. The molecule has 3 aromatic rings. The second kappa shape index (κ2) is 8.42. The SMILES string of the molecule is NC(=O)/C(=C/n1cnc(-c2cc(C(F)(F)F)nc(C(F)(F)F)c2)n1)c1ccc(C(F)(F)F)nc1. The van der Waals surface area contributed by atoms with Crippen molar-refractivity contribution in [3.63, 3.8) is 0 Å². The molecule has 0 fully saturated rings. The van der Waals surface area contributed by atoms with Crippen LogP contribution in [0.5, 0.6) is 0 Å². The number of nitrogens with zero attached hydrogens (tertiary/aromatic N) is 5. The minimum absolute atomic E-state index is 0.167. The number of alkyl halides is 9. The molecule has 1 amide bonds. The van der Waals surface area contributed by atoms with Crippen LogP contribution < -0.4 is 5.73 Å². The molecule has 3 heterocycles. The molecule has 2 N–H and O–H groups in total. The maximum absolute atomic E-state index is 13.0. The topological polar surface area (TPSA) is 99.6 Å². The first-order chi connectivity index (χ1) is 15.6. The fourth-order valence-electron chi connectivity index (χ4n) is 2.55. The van der Waals surface area contributed by atoms with E-state index in [0.29, 0.717) is 24.4 Å². The minimum atomic E-state index is -5.20. The molecular weight excluding hydrogens is 487 g/mol. The molecule has 0 aliphatic carbocycles. The number of pyridine rings is 2. The summed E-state index contributed by atoms with van der Waals surface area (Å²) in [6.45, 7) is 0. The van der Waals surface area contributed by atoms with E-state index in [9.17, 15) is 44.3 Å². The van der Waals surface area contributed by atoms with Crippen molar-refractivity contribution in [2.24, 2.45) is 5.73 Å². The van der Waals surface area contributed by atoms with Crippen molar-refractivity contribution in [1.82, 2.24) is 24.7 Å². The fraction of sp³-hybridized carbons (Fsp3) is 0.167. The van der Waals surface area contributed by atoms with Gasteiger partial charge in [0.05, 0.1) is 5.57 Å². The number of aromatic nitrogens is 5. The van der Waals surface area contributed by atoms with Crippen molar-refractivity contribution < 1.29 is 44.3 Å². The molecule has 0 radical (unpaired) electrons. The van der Waals surface area contributed by atoms with Crippen LogP contribution in [0.25, 0.3) is 23.2 Å². The molecule has 0 saturated heterocycles. The average molecular weight is 496 g/mol. The summed E-state index contributed by atoms with van der Waals surface area (Å²) in [4.78, 5) is 21.1.